The third-order valence-corrected chi connectivity index (χ3v) is 3.60. The number of hydrogen-bond donors (Lipinski definition) is 0. The Labute approximate surface area is 143 Å². The second kappa shape index (κ2) is 6.21. The van der Waals surface area contributed by atoms with E-state index in [0.717, 1.165) is 24.3 Å². The molecule has 0 atom stereocenters. The zero-order valence-corrected chi connectivity index (χ0v) is 13.1. The molecule has 1 heterocycles. The van der Waals surface area contributed by atoms with Gasteiger partial charge in [0.05, 0.1) is 11.6 Å². The van der Waals surface area contributed by atoms with Gasteiger partial charge in [0.1, 0.15) is 10.6 Å². The van der Waals surface area contributed by atoms with Crippen molar-refractivity contribution in [2.45, 2.75) is 6.18 Å². The molecule has 0 aliphatic rings. The molecule has 0 spiro atoms. The lowest BCUT2D eigenvalue weighted by atomic mass is 10.1. The predicted molar refractivity (Wildman–Crippen MR) is 83.1 cm³/mol. The zero-order valence-electron chi connectivity index (χ0n) is 12.3. The summed E-state index contributed by atoms with van der Waals surface area (Å²) in [6.45, 7) is 0. The van der Waals surface area contributed by atoms with E-state index in [4.69, 9.17) is 16.1 Å². The van der Waals surface area contributed by atoms with E-state index in [0.29, 0.717) is 9.70 Å². The Balaban J connectivity index is 2.11. The summed E-state index contributed by atoms with van der Waals surface area (Å²) in [6, 6.07) is 10.9. The van der Waals surface area contributed by atoms with Crippen LogP contribution < -0.4 is 10.3 Å². The van der Waals surface area contributed by atoms with Crippen molar-refractivity contribution in [3.8, 4) is 17.0 Å². The third-order valence-electron chi connectivity index (χ3n) is 3.35. The van der Waals surface area contributed by atoms with E-state index in [-0.39, 0.29) is 21.7 Å². The van der Waals surface area contributed by atoms with Gasteiger partial charge in [-0.25, -0.2) is 0 Å². The van der Waals surface area contributed by atoms with Gasteiger partial charge in [0.25, 0.3) is 0 Å². The first kappa shape index (κ1) is 17.0. The standard InChI is InChI=1S/C16H9ClF3N2O3/c17-12-4-6-13(7-5-12)21-15(23)9-14(25-22(21)24)10-2-1-3-11(8-10)16(18,19)20/h1-9H/q+1. The highest BCUT2D eigenvalue weighted by Gasteiger charge is 2.31. The summed E-state index contributed by atoms with van der Waals surface area (Å²) in [5.41, 5.74) is -1.53. The lowest BCUT2D eigenvalue weighted by Crippen LogP contribution is -2.39. The van der Waals surface area contributed by atoms with Crippen LogP contribution in [0.4, 0.5) is 13.2 Å². The Hall–Kier alpha value is -2.87. The quantitative estimate of drug-likeness (QED) is 0.692. The van der Waals surface area contributed by atoms with E-state index in [9.17, 15) is 22.9 Å². The van der Waals surface area contributed by atoms with E-state index >= 15 is 0 Å². The van der Waals surface area contributed by atoms with Crippen molar-refractivity contribution in [3.63, 3.8) is 0 Å². The predicted octanol–water partition coefficient (Wildman–Crippen LogP) is 3.68. The van der Waals surface area contributed by atoms with Gasteiger partial charge in [0.15, 0.2) is 0 Å². The van der Waals surface area contributed by atoms with E-state index < -0.39 is 17.3 Å². The van der Waals surface area contributed by atoms with Crippen molar-refractivity contribution in [2.75, 3.05) is 0 Å². The first-order chi connectivity index (χ1) is 11.8. The topological polar surface area (TPSA) is 58.1 Å². The van der Waals surface area contributed by atoms with Crippen LogP contribution in [0.3, 0.4) is 0 Å². The third kappa shape index (κ3) is 3.48. The fourth-order valence-electron chi connectivity index (χ4n) is 2.19. The van der Waals surface area contributed by atoms with Crippen LogP contribution in [0.5, 0.6) is 0 Å². The summed E-state index contributed by atoms with van der Waals surface area (Å²) in [6.07, 6.45) is -4.55. The van der Waals surface area contributed by atoms with Crippen molar-refractivity contribution in [1.29, 1.82) is 0 Å². The van der Waals surface area contributed by atoms with Crippen molar-refractivity contribution in [3.05, 3.63) is 80.4 Å². The van der Waals surface area contributed by atoms with Gasteiger partial charge in [-0.05, 0) is 36.4 Å². The maximum Gasteiger partial charge on any atom is 0.416 e. The highest BCUT2D eigenvalue weighted by Crippen LogP contribution is 2.31. The Bertz CT molecular complexity index is 1010. The smallest absolute Gasteiger partial charge is 0.263 e. The summed E-state index contributed by atoms with van der Waals surface area (Å²) < 4.78 is 43.9. The maximum atomic E-state index is 12.8. The average molecular weight is 370 g/mol. The van der Waals surface area contributed by atoms with Crippen LogP contribution in [-0.2, 0) is 6.18 Å². The van der Waals surface area contributed by atoms with Crippen molar-refractivity contribution >= 4 is 11.6 Å². The molecule has 0 bridgehead atoms. The van der Waals surface area contributed by atoms with Gasteiger partial charge in [-0.15, -0.1) is 0 Å². The molecule has 2 aromatic carbocycles. The monoisotopic (exact) mass is 369 g/mol. The second-order valence-electron chi connectivity index (χ2n) is 5.04. The molecule has 0 saturated carbocycles. The Kier molecular flexibility index (Phi) is 4.22. The first-order valence-corrected chi connectivity index (χ1v) is 7.27. The average Bonchev–Trinajstić information content (AvgIpc) is 2.55. The molecule has 0 radical (unpaired) electrons. The van der Waals surface area contributed by atoms with Gasteiger partial charge in [-0.3, -0.25) is 4.79 Å². The molecule has 3 rings (SSSR count). The Morgan fingerprint density at radius 2 is 1.72 bits per heavy atom. The molecular weight excluding hydrogens is 361 g/mol. The molecule has 0 aliphatic carbocycles. The van der Waals surface area contributed by atoms with Gasteiger partial charge in [-0.2, -0.15) is 17.7 Å². The zero-order chi connectivity index (χ0) is 18.2. The second-order valence-corrected chi connectivity index (χ2v) is 5.48. The SMILES string of the molecule is O=c1cc(-c2cccc(C(F)(F)F)c2)o[n+](=O)n1-c1ccc(Cl)cc1. The van der Waals surface area contributed by atoms with Crippen LogP contribution in [0, 0.1) is 4.91 Å². The van der Waals surface area contributed by atoms with Crippen LogP contribution >= 0.6 is 11.6 Å². The summed E-state index contributed by atoms with van der Waals surface area (Å²) in [7, 11) is 0. The van der Waals surface area contributed by atoms with Crippen LogP contribution in [0.1, 0.15) is 5.56 Å². The van der Waals surface area contributed by atoms with E-state index in [1.165, 1.54) is 30.3 Å². The summed E-state index contributed by atoms with van der Waals surface area (Å²) in [5.74, 6) is -0.281. The minimum absolute atomic E-state index is 0.0419. The van der Waals surface area contributed by atoms with Gasteiger partial charge in [-0.1, -0.05) is 23.7 Å². The number of hydrogen-bond acceptors (Lipinski definition) is 3. The van der Waals surface area contributed by atoms with E-state index in [1.807, 2.05) is 0 Å². The normalized spacial score (nSPS) is 11.5. The molecule has 0 unspecified atom stereocenters. The minimum atomic E-state index is -4.55. The molecule has 128 valence electrons. The van der Waals surface area contributed by atoms with Gasteiger partial charge >= 0.3 is 16.5 Å². The highest BCUT2D eigenvalue weighted by molar-refractivity contribution is 6.30. The largest absolute Gasteiger partial charge is 0.416 e. The van der Waals surface area contributed by atoms with Crippen LogP contribution in [0.25, 0.3) is 17.0 Å². The molecule has 25 heavy (non-hydrogen) atoms. The summed E-state index contributed by atoms with van der Waals surface area (Å²) >= 11 is 5.75. The Morgan fingerprint density at radius 1 is 1.04 bits per heavy atom. The van der Waals surface area contributed by atoms with Crippen LogP contribution in [0.15, 0.2) is 63.9 Å². The fourth-order valence-corrected chi connectivity index (χ4v) is 2.32. The van der Waals surface area contributed by atoms with Crippen LogP contribution in [-0.4, -0.2) is 4.68 Å². The highest BCUT2D eigenvalue weighted by atomic mass is 35.5. The lowest BCUT2D eigenvalue weighted by Gasteiger charge is -2.06. The van der Waals surface area contributed by atoms with Gasteiger partial charge in [0, 0.05) is 15.3 Å². The summed E-state index contributed by atoms with van der Waals surface area (Å²) in [4.78, 5) is 24.3. The Morgan fingerprint density at radius 3 is 2.32 bits per heavy atom. The van der Waals surface area contributed by atoms with Gasteiger partial charge in [0.2, 0.25) is 5.76 Å². The molecule has 5 nitrogen and oxygen atoms in total. The first-order valence-electron chi connectivity index (χ1n) is 6.90. The fraction of sp³-hybridized carbons (Fsp3) is 0.0625. The molecular formula is C16H9ClF3N2O3+. The van der Waals surface area contributed by atoms with E-state index in [1.54, 1.807) is 0 Å². The molecule has 0 amide bonds. The van der Waals surface area contributed by atoms with Crippen molar-refractivity contribution < 1.29 is 22.4 Å². The number of nitrogens with zero attached hydrogens (tertiary/aromatic N) is 2. The van der Waals surface area contributed by atoms with E-state index in [2.05, 4.69) is 0 Å². The number of halogens is 4. The minimum Gasteiger partial charge on any atom is -0.263 e. The molecule has 0 N–H and O–H groups in total. The maximum absolute atomic E-state index is 12.8. The molecule has 1 aromatic heterocycles. The molecule has 0 aliphatic heterocycles. The molecule has 3 aromatic rings. The number of rotatable bonds is 2. The number of aromatic nitrogens is 2. The van der Waals surface area contributed by atoms with Crippen LogP contribution in [0.2, 0.25) is 5.02 Å². The molecule has 0 fully saturated rings. The molecule has 0 saturated heterocycles. The molecule has 9 heteroatoms. The van der Waals surface area contributed by atoms with Crippen molar-refractivity contribution in [1.82, 2.24) is 4.68 Å². The lowest BCUT2D eigenvalue weighted by molar-refractivity contribution is -0.775. The number of benzene rings is 2. The summed E-state index contributed by atoms with van der Waals surface area (Å²) in [5, 5.41) is 0.409. The van der Waals surface area contributed by atoms with Crippen molar-refractivity contribution in [2.24, 2.45) is 0 Å². The van der Waals surface area contributed by atoms with Gasteiger partial charge < -0.3 is 0 Å². The number of alkyl halides is 3.